The van der Waals surface area contributed by atoms with Crippen molar-refractivity contribution in [1.82, 2.24) is 5.01 Å². The summed E-state index contributed by atoms with van der Waals surface area (Å²) in [6.45, 7) is 2.41. The van der Waals surface area contributed by atoms with Gasteiger partial charge in [0, 0.05) is 6.07 Å². The molecule has 1 heterocycles. The molecule has 0 saturated carbocycles. The molecule has 12 heteroatoms. The Morgan fingerprint density at radius 2 is 1.75 bits per heavy atom. The Labute approximate surface area is 136 Å². The van der Waals surface area contributed by atoms with Crippen molar-refractivity contribution in [2.45, 2.75) is 0 Å². The van der Waals surface area contributed by atoms with Gasteiger partial charge in [-0.3, -0.25) is 25.1 Å². The molecule has 0 unspecified atom stereocenters. The number of rotatable bonds is 5. The van der Waals surface area contributed by atoms with E-state index in [9.17, 15) is 25.4 Å². The van der Waals surface area contributed by atoms with E-state index >= 15 is 0 Å². The third-order valence-electron chi connectivity index (χ3n) is 3.73. The standard InChI is InChI=1S/C12H17N6O6/c1-18(2)7-5-14(6-8-18)17(23)13-24-12-4-3-10(15(19)20)9-11(12)16(21)22/h3-4,9H,5-8H2,1-2H3/q+1/b17-13-. The van der Waals surface area contributed by atoms with Gasteiger partial charge < -0.3 is 9.69 Å². The molecule has 1 saturated heterocycles. The zero-order chi connectivity index (χ0) is 17.9. The van der Waals surface area contributed by atoms with Crippen molar-refractivity contribution in [1.29, 1.82) is 0 Å². The normalized spacial score (nSPS) is 17.4. The number of benzene rings is 1. The molecule has 0 N–H and O–H groups in total. The smallest absolute Gasteiger partial charge is 0.321 e. The lowest BCUT2D eigenvalue weighted by Gasteiger charge is -2.36. The van der Waals surface area contributed by atoms with Gasteiger partial charge in [-0.15, -0.1) is 5.01 Å². The summed E-state index contributed by atoms with van der Waals surface area (Å²) in [5.41, 5.74) is -1.10. The SMILES string of the molecule is C[N+]1(C)CCN(/[N+]([O-])=N/Oc2ccc([N+](=O)[O-])cc2[N+](=O)[O-])CC1. The maximum absolute atomic E-state index is 11.9. The lowest BCUT2D eigenvalue weighted by Crippen LogP contribution is -2.56. The summed E-state index contributed by atoms with van der Waals surface area (Å²) in [6, 6.07) is 2.82. The zero-order valence-corrected chi connectivity index (χ0v) is 13.2. The molecule has 1 fully saturated rings. The van der Waals surface area contributed by atoms with Crippen molar-refractivity contribution < 1.29 is 24.1 Å². The summed E-state index contributed by atoms with van der Waals surface area (Å²) < 4.78 is 0.777. The largest absolute Gasteiger partial charge is 0.569 e. The Bertz CT molecular complexity index is 681. The molecule has 12 nitrogen and oxygen atoms in total. The predicted molar refractivity (Wildman–Crippen MR) is 79.8 cm³/mol. The number of hydrogen-bond donors (Lipinski definition) is 0. The third-order valence-corrected chi connectivity index (χ3v) is 3.73. The van der Waals surface area contributed by atoms with Crippen LogP contribution in [0.4, 0.5) is 11.4 Å². The van der Waals surface area contributed by atoms with Crippen LogP contribution in [0.2, 0.25) is 0 Å². The number of hydrazine groups is 1. The minimum atomic E-state index is -0.839. The van der Waals surface area contributed by atoms with Gasteiger partial charge >= 0.3 is 5.69 Å². The van der Waals surface area contributed by atoms with Gasteiger partial charge in [0.1, 0.15) is 26.2 Å². The second-order valence-electron chi connectivity index (χ2n) is 5.93. The molecule has 0 amide bonds. The minimum absolute atomic E-state index is 0.240. The van der Waals surface area contributed by atoms with Crippen LogP contribution in [0.1, 0.15) is 0 Å². The van der Waals surface area contributed by atoms with E-state index in [4.69, 9.17) is 4.84 Å². The molecule has 24 heavy (non-hydrogen) atoms. The average molecular weight is 341 g/mol. The molecule has 0 aliphatic carbocycles. The molecule has 2 rings (SSSR count). The van der Waals surface area contributed by atoms with Crippen molar-refractivity contribution in [3.05, 3.63) is 43.6 Å². The highest BCUT2D eigenvalue weighted by Gasteiger charge is 2.29. The van der Waals surface area contributed by atoms with Crippen LogP contribution >= 0.6 is 0 Å². The van der Waals surface area contributed by atoms with E-state index in [0.717, 1.165) is 35.8 Å². The van der Waals surface area contributed by atoms with E-state index in [1.54, 1.807) is 0 Å². The molecule has 0 aromatic heterocycles. The van der Waals surface area contributed by atoms with Crippen molar-refractivity contribution in [3.8, 4) is 5.75 Å². The maximum atomic E-state index is 11.9. The Morgan fingerprint density at radius 3 is 2.29 bits per heavy atom. The van der Waals surface area contributed by atoms with Crippen LogP contribution in [-0.2, 0) is 0 Å². The van der Waals surface area contributed by atoms with Crippen LogP contribution < -0.4 is 4.84 Å². The summed E-state index contributed by atoms with van der Waals surface area (Å²) in [5, 5.41) is 38.3. The van der Waals surface area contributed by atoms with Crippen LogP contribution in [0.3, 0.4) is 0 Å². The topological polar surface area (TPSA) is 137 Å². The molecule has 1 aliphatic rings. The van der Waals surface area contributed by atoms with Gasteiger partial charge in [-0.05, 0) is 6.07 Å². The minimum Gasteiger partial charge on any atom is -0.569 e. The first-order chi connectivity index (χ1) is 11.2. The van der Waals surface area contributed by atoms with Crippen molar-refractivity contribution in [3.63, 3.8) is 0 Å². The number of piperazine rings is 1. The van der Waals surface area contributed by atoms with Crippen LogP contribution in [0.5, 0.6) is 5.75 Å². The molecule has 0 atom stereocenters. The fourth-order valence-electron chi connectivity index (χ4n) is 2.14. The lowest BCUT2D eigenvalue weighted by atomic mass is 10.2. The Kier molecular flexibility index (Phi) is 4.78. The first-order valence-electron chi connectivity index (χ1n) is 7.04. The van der Waals surface area contributed by atoms with Gasteiger partial charge in [-0.25, -0.2) is 0 Å². The van der Waals surface area contributed by atoms with Gasteiger partial charge in [0.05, 0.1) is 35.0 Å². The highest BCUT2D eigenvalue weighted by atomic mass is 16.7. The summed E-state index contributed by atoms with van der Waals surface area (Å²) in [4.78, 5) is 25.1. The van der Waals surface area contributed by atoms with Crippen molar-refractivity contribution in [2.75, 3.05) is 40.3 Å². The van der Waals surface area contributed by atoms with E-state index in [0.29, 0.717) is 13.1 Å². The quantitative estimate of drug-likeness (QED) is 0.257. The fraction of sp³-hybridized carbons (Fsp3) is 0.500. The van der Waals surface area contributed by atoms with Gasteiger partial charge in [0.25, 0.3) is 5.69 Å². The number of nitro groups is 2. The van der Waals surface area contributed by atoms with Crippen LogP contribution in [0, 0.1) is 25.4 Å². The van der Waals surface area contributed by atoms with E-state index < -0.39 is 21.2 Å². The van der Waals surface area contributed by atoms with E-state index in [2.05, 4.69) is 5.28 Å². The highest BCUT2D eigenvalue weighted by Crippen LogP contribution is 2.31. The van der Waals surface area contributed by atoms with Crippen molar-refractivity contribution >= 4 is 11.4 Å². The van der Waals surface area contributed by atoms with E-state index in [1.165, 1.54) is 5.01 Å². The number of nitro benzene ring substituents is 2. The van der Waals surface area contributed by atoms with Crippen molar-refractivity contribution in [2.24, 2.45) is 5.28 Å². The molecule has 0 spiro atoms. The van der Waals surface area contributed by atoms with E-state index in [1.807, 2.05) is 14.1 Å². The van der Waals surface area contributed by atoms with Crippen LogP contribution in [0.25, 0.3) is 0 Å². The summed E-state index contributed by atoms with van der Waals surface area (Å²) >= 11 is 0. The fourth-order valence-corrected chi connectivity index (χ4v) is 2.14. The molecule has 0 radical (unpaired) electrons. The number of non-ortho nitro benzene ring substituents is 1. The van der Waals surface area contributed by atoms with Crippen LogP contribution in [-0.4, -0.2) is 64.6 Å². The lowest BCUT2D eigenvalue weighted by molar-refractivity contribution is -0.907. The molecular formula is C12H17N6O6+. The summed E-state index contributed by atoms with van der Waals surface area (Å²) in [5.74, 6) is -0.348. The predicted octanol–water partition coefficient (Wildman–Crippen LogP) is 1.07. The van der Waals surface area contributed by atoms with Gasteiger partial charge in [0.2, 0.25) is 11.0 Å². The molecule has 1 aromatic rings. The van der Waals surface area contributed by atoms with Gasteiger partial charge in [-0.1, -0.05) is 0 Å². The molecule has 1 aromatic carbocycles. The first-order valence-corrected chi connectivity index (χ1v) is 7.04. The second kappa shape index (κ2) is 6.62. The molecule has 0 bridgehead atoms. The van der Waals surface area contributed by atoms with E-state index in [-0.39, 0.29) is 10.7 Å². The first kappa shape index (κ1) is 17.3. The number of likely N-dealkylation sites (N-methyl/N-ethyl adjacent to an activating group) is 1. The molecular weight excluding hydrogens is 324 g/mol. The van der Waals surface area contributed by atoms with Gasteiger partial charge in [0.15, 0.2) is 0 Å². The zero-order valence-electron chi connectivity index (χ0n) is 13.2. The maximum Gasteiger partial charge on any atom is 0.321 e. The number of nitrogens with zero attached hydrogens (tertiary/aromatic N) is 6. The Balaban J connectivity index is 2.13. The summed E-state index contributed by atoms with van der Waals surface area (Å²) in [6.07, 6.45) is 0. The number of quaternary nitrogens is 1. The third kappa shape index (κ3) is 4.04. The Morgan fingerprint density at radius 1 is 1.12 bits per heavy atom. The van der Waals surface area contributed by atoms with Crippen LogP contribution in [0.15, 0.2) is 23.5 Å². The average Bonchev–Trinajstić information content (AvgIpc) is 2.52. The van der Waals surface area contributed by atoms with Gasteiger partial charge in [-0.2, -0.15) is 0 Å². The Hall–Kier alpha value is -3.02. The molecule has 130 valence electrons. The monoisotopic (exact) mass is 341 g/mol. The second-order valence-corrected chi connectivity index (χ2v) is 5.93. The highest BCUT2D eigenvalue weighted by molar-refractivity contribution is 5.53. The summed E-state index contributed by atoms with van der Waals surface area (Å²) in [7, 11) is 4.08. The number of hydrogen-bond acceptors (Lipinski definition) is 7. The molecule has 1 aliphatic heterocycles.